The molecule has 0 saturated carbocycles. The van der Waals surface area contributed by atoms with Crippen molar-refractivity contribution in [3.8, 4) is 0 Å². The highest BCUT2D eigenvalue weighted by Crippen LogP contribution is 1.85. The first-order chi connectivity index (χ1) is 8.38. The average molecular weight is 261 g/mol. The molecule has 0 spiro atoms. The number of nitrogens with zero attached hydrogens (tertiary/aromatic N) is 1. The molecule has 0 atom stereocenters. The third-order valence-electron chi connectivity index (χ3n) is 1.65. The number of hydrogen-bond acceptors (Lipinski definition) is 6. The molecule has 0 bridgehead atoms. The van der Waals surface area contributed by atoms with E-state index in [0.717, 1.165) is 5.12 Å². The van der Waals surface area contributed by atoms with Crippen molar-refractivity contribution in [2.24, 2.45) is 11.5 Å². The number of methoxy groups -OCH3 is 1. The van der Waals surface area contributed by atoms with E-state index in [1.807, 2.05) is 10.9 Å². The summed E-state index contributed by atoms with van der Waals surface area (Å²) in [7, 11) is 1.47. The van der Waals surface area contributed by atoms with Crippen LogP contribution in [0.5, 0.6) is 0 Å². The number of amides is 4. The Morgan fingerprint density at radius 2 is 1.50 bits per heavy atom. The van der Waals surface area contributed by atoms with Gasteiger partial charge >= 0.3 is 23.6 Å². The Morgan fingerprint density at radius 1 is 1.06 bits per heavy atom. The van der Waals surface area contributed by atoms with Gasteiger partial charge in [-0.3, -0.25) is 30.0 Å². The molecule has 102 valence electrons. The highest BCUT2D eigenvalue weighted by molar-refractivity contribution is 6.35. The fraction of sp³-hybridized carbons (Fsp3) is 0.500. The number of rotatable bonds is 6. The average Bonchev–Trinajstić information content (AvgIpc) is 2.28. The van der Waals surface area contributed by atoms with E-state index in [0.29, 0.717) is 13.0 Å². The van der Waals surface area contributed by atoms with Crippen LogP contribution in [0.1, 0.15) is 6.42 Å². The molecule has 10 nitrogen and oxygen atoms in total. The molecular weight excluding hydrogens is 246 g/mol. The summed E-state index contributed by atoms with van der Waals surface area (Å²) in [5.74, 6) is -4.76. The number of primary amides is 2. The molecule has 0 saturated heterocycles. The molecule has 0 rings (SSSR count). The molecule has 0 radical (unpaired) electrons. The van der Waals surface area contributed by atoms with Crippen molar-refractivity contribution in [2.45, 2.75) is 6.42 Å². The first-order valence-electron chi connectivity index (χ1n) is 4.85. The molecule has 6 N–H and O–H groups in total. The minimum atomic E-state index is -1.24. The lowest BCUT2D eigenvalue weighted by Gasteiger charge is -2.21. The van der Waals surface area contributed by atoms with Gasteiger partial charge in [-0.15, -0.1) is 5.12 Å². The van der Waals surface area contributed by atoms with Crippen LogP contribution in [-0.4, -0.2) is 49.0 Å². The minimum Gasteiger partial charge on any atom is -0.385 e. The molecule has 4 amide bonds. The summed E-state index contributed by atoms with van der Waals surface area (Å²) in [6.45, 7) is 0.432. The highest BCUT2D eigenvalue weighted by atomic mass is 16.5. The van der Waals surface area contributed by atoms with Crippen LogP contribution in [0.3, 0.4) is 0 Å². The summed E-state index contributed by atoms with van der Waals surface area (Å²) >= 11 is 0. The second kappa shape index (κ2) is 7.97. The van der Waals surface area contributed by atoms with Crippen LogP contribution in [0.15, 0.2) is 0 Å². The molecule has 10 heteroatoms. The molecule has 0 unspecified atom stereocenters. The van der Waals surface area contributed by atoms with Gasteiger partial charge in [-0.2, -0.15) is 0 Å². The van der Waals surface area contributed by atoms with E-state index >= 15 is 0 Å². The van der Waals surface area contributed by atoms with Gasteiger partial charge in [-0.1, -0.05) is 0 Å². The normalized spacial score (nSPS) is 9.89. The summed E-state index contributed by atoms with van der Waals surface area (Å²) in [6, 6.07) is 0. The monoisotopic (exact) mass is 261 g/mol. The second-order valence-electron chi connectivity index (χ2n) is 3.11. The Bertz CT molecular complexity index is 317. The Labute approximate surface area is 103 Å². The molecule has 0 aliphatic rings. The first kappa shape index (κ1) is 15.8. The van der Waals surface area contributed by atoms with Crippen LogP contribution in [0.2, 0.25) is 0 Å². The van der Waals surface area contributed by atoms with Crippen molar-refractivity contribution in [1.82, 2.24) is 16.0 Å². The Hall–Kier alpha value is -2.20. The predicted octanol–water partition coefficient (Wildman–Crippen LogP) is -3.64. The van der Waals surface area contributed by atoms with Crippen molar-refractivity contribution in [1.29, 1.82) is 0 Å². The minimum absolute atomic E-state index is 0.0892. The molecule has 0 aromatic rings. The maximum atomic E-state index is 11.0. The van der Waals surface area contributed by atoms with Crippen LogP contribution < -0.4 is 22.3 Å². The van der Waals surface area contributed by atoms with Crippen molar-refractivity contribution in [3.05, 3.63) is 0 Å². The number of hydrogen-bond donors (Lipinski definition) is 4. The molecule has 0 aliphatic carbocycles. The molecule has 0 aromatic heterocycles. The van der Waals surface area contributed by atoms with Crippen molar-refractivity contribution in [3.63, 3.8) is 0 Å². The van der Waals surface area contributed by atoms with Crippen molar-refractivity contribution < 1.29 is 23.9 Å². The highest BCUT2D eigenvalue weighted by Gasteiger charge is 2.17. The Morgan fingerprint density at radius 3 is 1.83 bits per heavy atom. The molecule has 0 aliphatic heterocycles. The summed E-state index contributed by atoms with van der Waals surface area (Å²) in [5.41, 5.74) is 13.4. The largest absolute Gasteiger partial charge is 0.385 e. The Kier molecular flexibility index (Phi) is 7.00. The summed E-state index contributed by atoms with van der Waals surface area (Å²) in [6.07, 6.45) is 0.411. The van der Waals surface area contributed by atoms with Gasteiger partial charge in [0.1, 0.15) is 0 Å². The number of hydrazine groups is 2. The van der Waals surface area contributed by atoms with Crippen molar-refractivity contribution >= 4 is 23.6 Å². The van der Waals surface area contributed by atoms with Crippen LogP contribution >= 0.6 is 0 Å². The maximum Gasteiger partial charge on any atom is 0.324 e. The number of carbonyl (C=O) groups is 4. The van der Waals surface area contributed by atoms with Gasteiger partial charge in [-0.25, -0.2) is 0 Å². The lowest BCUT2D eigenvalue weighted by atomic mass is 10.4. The number of ether oxygens (including phenoxy) is 1. The SMILES string of the molecule is COCCCN(NC(=O)C(N)=O)NC(=O)C(N)=O. The van der Waals surface area contributed by atoms with Crippen LogP contribution in [-0.2, 0) is 23.9 Å². The third kappa shape index (κ3) is 6.40. The van der Waals surface area contributed by atoms with Gasteiger partial charge < -0.3 is 16.2 Å². The Balaban J connectivity index is 4.41. The van der Waals surface area contributed by atoms with E-state index in [1.165, 1.54) is 7.11 Å². The lowest BCUT2D eigenvalue weighted by molar-refractivity contribution is -0.146. The van der Waals surface area contributed by atoms with Crippen LogP contribution in [0, 0.1) is 0 Å². The molecule has 0 aromatic carbocycles. The van der Waals surface area contributed by atoms with Gasteiger partial charge in [0, 0.05) is 20.3 Å². The summed E-state index contributed by atoms with van der Waals surface area (Å²) in [4.78, 5) is 43.1. The number of nitrogens with one attached hydrogen (secondary N) is 2. The molecule has 0 heterocycles. The first-order valence-corrected chi connectivity index (χ1v) is 4.85. The van der Waals surface area contributed by atoms with E-state index < -0.39 is 23.6 Å². The smallest absolute Gasteiger partial charge is 0.324 e. The van der Waals surface area contributed by atoms with Gasteiger partial charge in [0.15, 0.2) is 0 Å². The van der Waals surface area contributed by atoms with Gasteiger partial charge in [0.05, 0.1) is 0 Å². The predicted molar refractivity (Wildman–Crippen MR) is 57.9 cm³/mol. The molecule has 18 heavy (non-hydrogen) atoms. The zero-order chi connectivity index (χ0) is 14.1. The van der Waals surface area contributed by atoms with E-state index in [-0.39, 0.29) is 6.54 Å². The van der Waals surface area contributed by atoms with Crippen molar-refractivity contribution in [2.75, 3.05) is 20.3 Å². The third-order valence-corrected chi connectivity index (χ3v) is 1.65. The van der Waals surface area contributed by atoms with Gasteiger partial charge in [-0.05, 0) is 6.42 Å². The second-order valence-corrected chi connectivity index (χ2v) is 3.11. The maximum absolute atomic E-state index is 11.0. The quantitative estimate of drug-likeness (QED) is 0.219. The lowest BCUT2D eigenvalue weighted by Crippen LogP contribution is -2.57. The fourth-order valence-corrected chi connectivity index (χ4v) is 0.862. The molecule has 0 fully saturated rings. The topological polar surface area (TPSA) is 157 Å². The van der Waals surface area contributed by atoms with E-state index in [2.05, 4.69) is 0 Å². The van der Waals surface area contributed by atoms with Gasteiger partial charge in [0.25, 0.3) is 0 Å². The molecular formula is C8H15N5O5. The standard InChI is InChI=1S/C8H15N5O5/c1-18-4-2-3-13(11-7(16)5(9)14)12-8(17)6(10)15/h2-4H2,1H3,(H2,9,14)(H2,10,15)(H,11,16)(H,12,17). The van der Waals surface area contributed by atoms with Gasteiger partial charge in [0.2, 0.25) is 0 Å². The summed E-state index contributed by atoms with van der Waals surface area (Å²) < 4.78 is 4.76. The fourth-order valence-electron chi connectivity index (χ4n) is 0.862. The summed E-state index contributed by atoms with van der Waals surface area (Å²) in [5, 5.41) is 0.833. The van der Waals surface area contributed by atoms with Crippen LogP contribution in [0.4, 0.5) is 0 Å². The zero-order valence-electron chi connectivity index (χ0n) is 9.76. The number of nitrogens with two attached hydrogens (primary N) is 2. The number of carbonyl (C=O) groups excluding carboxylic acids is 4. The van der Waals surface area contributed by atoms with E-state index in [4.69, 9.17) is 16.2 Å². The van der Waals surface area contributed by atoms with E-state index in [1.54, 1.807) is 0 Å². The van der Waals surface area contributed by atoms with Crippen LogP contribution in [0.25, 0.3) is 0 Å². The zero-order valence-corrected chi connectivity index (χ0v) is 9.76. The van der Waals surface area contributed by atoms with E-state index in [9.17, 15) is 19.2 Å².